The molecule has 0 aliphatic carbocycles. The maximum atomic E-state index is 13.5. The molecule has 0 saturated carbocycles. The fourth-order valence-corrected chi connectivity index (χ4v) is 2.56. The van der Waals surface area contributed by atoms with E-state index in [0.29, 0.717) is 0 Å². The van der Waals surface area contributed by atoms with E-state index >= 15 is 0 Å². The number of rotatable bonds is 5. The lowest BCUT2D eigenvalue weighted by molar-refractivity contribution is -0.154. The van der Waals surface area contributed by atoms with Crippen molar-refractivity contribution in [3.63, 3.8) is 0 Å². The Morgan fingerprint density at radius 2 is 1.93 bits per heavy atom. The first kappa shape index (κ1) is 21.3. The lowest BCUT2D eigenvalue weighted by atomic mass is 10.2. The van der Waals surface area contributed by atoms with Gasteiger partial charge >= 0.3 is 12.3 Å². The molecule has 0 amide bonds. The monoisotopic (exact) mass is 440 g/mol. The third-order valence-electron chi connectivity index (χ3n) is 3.65. The van der Waals surface area contributed by atoms with Gasteiger partial charge in [0.1, 0.15) is 23.7 Å². The van der Waals surface area contributed by atoms with Gasteiger partial charge in [-0.2, -0.15) is 13.2 Å². The van der Waals surface area contributed by atoms with E-state index in [1.54, 1.807) is 6.07 Å². The molecule has 3 aromatic rings. The fraction of sp³-hybridized carbons (Fsp3) is 0.100. The molecule has 0 saturated heterocycles. The summed E-state index contributed by atoms with van der Waals surface area (Å²) in [5.74, 6) is -3.07. The number of benzene rings is 2. The zero-order valence-corrected chi connectivity index (χ0v) is 15.8. The summed E-state index contributed by atoms with van der Waals surface area (Å²) in [6.07, 6.45) is -4.85. The van der Waals surface area contributed by atoms with E-state index < -0.39 is 34.9 Å². The van der Waals surface area contributed by atoms with Crippen molar-refractivity contribution in [3.8, 4) is 17.2 Å². The molecule has 0 bridgehead atoms. The molecule has 156 valence electrons. The molecule has 3 rings (SSSR count). The van der Waals surface area contributed by atoms with Crippen LogP contribution in [0.1, 0.15) is 5.76 Å². The smallest absolute Gasteiger partial charge is 0.448 e. The predicted molar refractivity (Wildman–Crippen MR) is 101 cm³/mol. The van der Waals surface area contributed by atoms with E-state index in [4.69, 9.17) is 25.5 Å². The van der Waals surface area contributed by atoms with E-state index in [1.165, 1.54) is 30.3 Å². The SMILES string of the molecule is C=CCOC(=O)Oc1ccc2c(=O)c(Oc3ccccc3Cl)c(C(F)(F)F)oc2c1. The highest BCUT2D eigenvalue weighted by molar-refractivity contribution is 6.32. The van der Waals surface area contributed by atoms with Crippen LogP contribution in [0, 0.1) is 0 Å². The number of para-hydroxylation sites is 1. The average Bonchev–Trinajstić information content (AvgIpc) is 2.69. The van der Waals surface area contributed by atoms with Crippen LogP contribution >= 0.6 is 11.6 Å². The Balaban J connectivity index is 2.09. The molecular formula is C20H12ClF3O6. The van der Waals surface area contributed by atoms with E-state index in [-0.39, 0.29) is 28.5 Å². The van der Waals surface area contributed by atoms with Crippen LogP contribution in [0.4, 0.5) is 18.0 Å². The quantitative estimate of drug-likeness (QED) is 0.277. The molecule has 0 aliphatic rings. The molecule has 0 atom stereocenters. The number of fused-ring (bicyclic) bond motifs is 1. The highest BCUT2D eigenvalue weighted by Gasteiger charge is 2.40. The van der Waals surface area contributed by atoms with Crippen LogP contribution in [0.15, 0.2) is 64.3 Å². The van der Waals surface area contributed by atoms with E-state index in [2.05, 4.69) is 11.3 Å². The molecule has 1 heterocycles. The first-order chi connectivity index (χ1) is 14.2. The van der Waals surface area contributed by atoms with Crippen molar-refractivity contribution in [2.24, 2.45) is 0 Å². The van der Waals surface area contributed by atoms with Gasteiger partial charge in [-0.3, -0.25) is 4.79 Å². The molecule has 10 heteroatoms. The summed E-state index contributed by atoms with van der Waals surface area (Å²) in [5, 5.41) is -0.219. The molecule has 0 aliphatic heterocycles. The molecule has 0 spiro atoms. The van der Waals surface area contributed by atoms with Crippen LogP contribution in [0.2, 0.25) is 5.02 Å². The molecule has 1 aromatic heterocycles. The van der Waals surface area contributed by atoms with Crippen molar-refractivity contribution in [2.45, 2.75) is 6.18 Å². The van der Waals surface area contributed by atoms with Crippen molar-refractivity contribution in [1.29, 1.82) is 0 Å². The summed E-state index contributed by atoms with van der Waals surface area (Å²) in [5.41, 5.74) is -1.54. The number of ether oxygens (including phenoxy) is 3. The molecule has 6 nitrogen and oxygen atoms in total. The number of alkyl halides is 3. The van der Waals surface area contributed by atoms with Crippen LogP contribution in [0.3, 0.4) is 0 Å². The third kappa shape index (κ3) is 4.57. The van der Waals surface area contributed by atoms with Gasteiger partial charge in [-0.25, -0.2) is 4.79 Å². The molecule has 0 N–H and O–H groups in total. The van der Waals surface area contributed by atoms with Crippen LogP contribution in [0.5, 0.6) is 17.2 Å². The highest BCUT2D eigenvalue weighted by atomic mass is 35.5. The van der Waals surface area contributed by atoms with E-state index in [1.807, 2.05) is 0 Å². The first-order valence-corrected chi connectivity index (χ1v) is 8.64. The van der Waals surface area contributed by atoms with Crippen LogP contribution in [0.25, 0.3) is 11.0 Å². The molecule has 0 unspecified atom stereocenters. The molecule has 0 radical (unpaired) electrons. The zero-order chi connectivity index (χ0) is 21.9. The van der Waals surface area contributed by atoms with Crippen LogP contribution in [-0.2, 0) is 10.9 Å². The standard InChI is InChI=1S/C20H12ClF3O6/c1-2-9-27-19(26)28-11-7-8-12-15(10-11)30-18(20(22,23)24)17(16(12)25)29-14-6-4-3-5-13(14)21/h2-8,10H,1,9H2. The molecular weight excluding hydrogens is 429 g/mol. The van der Waals surface area contributed by atoms with Crippen molar-refractivity contribution in [2.75, 3.05) is 6.61 Å². The van der Waals surface area contributed by atoms with Crippen molar-refractivity contribution < 1.29 is 36.6 Å². The second-order valence-electron chi connectivity index (χ2n) is 5.73. The van der Waals surface area contributed by atoms with Crippen LogP contribution < -0.4 is 14.9 Å². The molecule has 2 aromatic carbocycles. The minimum absolute atomic E-state index is 0.00639. The number of hydrogen-bond acceptors (Lipinski definition) is 6. The Morgan fingerprint density at radius 3 is 2.60 bits per heavy atom. The highest BCUT2D eigenvalue weighted by Crippen LogP contribution is 2.39. The Bertz CT molecular complexity index is 1170. The fourth-order valence-electron chi connectivity index (χ4n) is 2.39. The average molecular weight is 441 g/mol. The van der Waals surface area contributed by atoms with Gasteiger partial charge in [-0.1, -0.05) is 36.4 Å². The number of halogens is 4. The second-order valence-corrected chi connectivity index (χ2v) is 6.14. The number of carbonyl (C=O) groups excluding carboxylic acids is 1. The Morgan fingerprint density at radius 1 is 1.20 bits per heavy atom. The summed E-state index contributed by atoms with van der Waals surface area (Å²) in [7, 11) is 0. The van der Waals surface area contributed by atoms with Crippen LogP contribution in [-0.4, -0.2) is 12.8 Å². The Hall–Kier alpha value is -3.46. The summed E-state index contributed by atoms with van der Waals surface area (Å²) in [4.78, 5) is 24.2. The van der Waals surface area contributed by atoms with Gasteiger partial charge in [-0.15, -0.1) is 0 Å². The minimum Gasteiger partial charge on any atom is -0.448 e. The van der Waals surface area contributed by atoms with E-state index in [0.717, 1.165) is 12.1 Å². The van der Waals surface area contributed by atoms with Gasteiger partial charge in [0.25, 0.3) is 5.76 Å². The number of hydrogen-bond donors (Lipinski definition) is 0. The predicted octanol–water partition coefficient (Wildman–Crippen LogP) is 5.96. The van der Waals surface area contributed by atoms with Gasteiger partial charge in [0.15, 0.2) is 0 Å². The Kier molecular flexibility index (Phi) is 6.02. The number of carbonyl (C=O) groups is 1. The summed E-state index contributed by atoms with van der Waals surface area (Å²) >= 11 is 5.91. The van der Waals surface area contributed by atoms with Crippen molar-refractivity contribution in [3.05, 3.63) is 76.1 Å². The minimum atomic E-state index is -5.05. The van der Waals surface area contributed by atoms with Crippen molar-refractivity contribution >= 4 is 28.7 Å². The van der Waals surface area contributed by atoms with Gasteiger partial charge in [0.2, 0.25) is 11.2 Å². The molecule has 30 heavy (non-hydrogen) atoms. The second kappa shape index (κ2) is 8.50. The molecule has 0 fully saturated rings. The zero-order valence-electron chi connectivity index (χ0n) is 15.0. The van der Waals surface area contributed by atoms with Gasteiger partial charge < -0.3 is 18.6 Å². The lowest BCUT2D eigenvalue weighted by Gasteiger charge is -2.14. The van der Waals surface area contributed by atoms with Gasteiger partial charge in [-0.05, 0) is 24.3 Å². The maximum absolute atomic E-state index is 13.5. The summed E-state index contributed by atoms with van der Waals surface area (Å²) in [6.45, 7) is 3.23. The van der Waals surface area contributed by atoms with Gasteiger partial charge in [0.05, 0.1) is 10.4 Å². The summed E-state index contributed by atoms with van der Waals surface area (Å²) in [6, 6.07) is 9.01. The Labute approximate surface area is 172 Å². The van der Waals surface area contributed by atoms with E-state index in [9.17, 15) is 22.8 Å². The maximum Gasteiger partial charge on any atom is 0.514 e. The largest absolute Gasteiger partial charge is 0.514 e. The third-order valence-corrected chi connectivity index (χ3v) is 3.96. The lowest BCUT2D eigenvalue weighted by Crippen LogP contribution is -2.16. The normalized spacial score (nSPS) is 11.2. The first-order valence-electron chi connectivity index (χ1n) is 8.26. The summed E-state index contributed by atoms with van der Waals surface area (Å²) < 4.78 is 60.2. The topological polar surface area (TPSA) is 75.0 Å². The van der Waals surface area contributed by atoms with Gasteiger partial charge in [0, 0.05) is 6.07 Å². The van der Waals surface area contributed by atoms with Crippen molar-refractivity contribution in [1.82, 2.24) is 0 Å².